The molecule has 1 atom stereocenters. The Kier molecular flexibility index (Phi) is 3.02. The molecular weight excluding hydrogens is 192 g/mol. The molecule has 0 saturated carbocycles. The molecule has 1 aliphatic heterocycles. The predicted molar refractivity (Wildman–Crippen MR) is 53.3 cm³/mol. The van der Waals surface area contributed by atoms with E-state index in [1.165, 1.54) is 0 Å². The zero-order valence-electron chi connectivity index (χ0n) is 8.44. The minimum absolute atomic E-state index is 0.0761. The molecule has 1 aliphatic rings. The molecule has 3 heteroatoms. The van der Waals surface area contributed by atoms with Crippen molar-refractivity contribution in [3.05, 3.63) is 35.4 Å². The van der Waals surface area contributed by atoms with Crippen molar-refractivity contribution in [3.8, 4) is 0 Å². The van der Waals surface area contributed by atoms with Crippen LogP contribution in [0.3, 0.4) is 0 Å². The minimum Gasteiger partial charge on any atom is -0.545 e. The lowest BCUT2D eigenvalue weighted by Gasteiger charge is -2.25. The zero-order valence-corrected chi connectivity index (χ0v) is 8.44. The van der Waals surface area contributed by atoms with Crippen molar-refractivity contribution in [2.24, 2.45) is 0 Å². The molecule has 1 heterocycles. The average Bonchev–Trinajstić information content (AvgIpc) is 2.30. The van der Waals surface area contributed by atoms with E-state index in [0.717, 1.165) is 24.8 Å². The van der Waals surface area contributed by atoms with Crippen molar-refractivity contribution in [1.29, 1.82) is 0 Å². The van der Waals surface area contributed by atoms with Crippen LogP contribution in [-0.2, 0) is 4.74 Å². The standard InChI is InChI=1S/C12H14O3/c13-12(14)10-6-2-1-5-9(10)11-7-3-4-8-15-11/h1-2,5-6,11H,3-4,7-8H2,(H,13,14)/p-1. The maximum atomic E-state index is 10.9. The van der Waals surface area contributed by atoms with Crippen molar-refractivity contribution >= 4 is 5.97 Å². The number of rotatable bonds is 2. The minimum atomic E-state index is -1.13. The topological polar surface area (TPSA) is 49.4 Å². The fourth-order valence-electron chi connectivity index (χ4n) is 1.95. The third-order valence-corrected chi connectivity index (χ3v) is 2.71. The van der Waals surface area contributed by atoms with Crippen molar-refractivity contribution in [1.82, 2.24) is 0 Å². The first-order valence-electron chi connectivity index (χ1n) is 5.21. The molecule has 2 rings (SSSR count). The second-order valence-corrected chi connectivity index (χ2v) is 3.73. The summed E-state index contributed by atoms with van der Waals surface area (Å²) in [6, 6.07) is 6.92. The van der Waals surface area contributed by atoms with Gasteiger partial charge in [0.25, 0.3) is 0 Å². The van der Waals surface area contributed by atoms with Crippen LogP contribution in [0.25, 0.3) is 0 Å². The average molecular weight is 205 g/mol. The van der Waals surface area contributed by atoms with E-state index >= 15 is 0 Å². The molecule has 1 saturated heterocycles. The van der Waals surface area contributed by atoms with Crippen molar-refractivity contribution in [2.75, 3.05) is 6.61 Å². The summed E-state index contributed by atoms with van der Waals surface area (Å²) in [7, 11) is 0. The van der Waals surface area contributed by atoms with Gasteiger partial charge in [-0.25, -0.2) is 0 Å². The van der Waals surface area contributed by atoms with Gasteiger partial charge in [-0.3, -0.25) is 0 Å². The van der Waals surface area contributed by atoms with Crippen LogP contribution >= 0.6 is 0 Å². The maximum Gasteiger partial charge on any atom is 0.0831 e. The Morgan fingerprint density at radius 3 is 2.80 bits per heavy atom. The highest BCUT2D eigenvalue weighted by molar-refractivity contribution is 5.87. The second kappa shape index (κ2) is 4.45. The molecule has 0 aliphatic carbocycles. The van der Waals surface area contributed by atoms with Gasteiger partial charge in [-0.05, 0) is 24.8 Å². The number of carboxylic acids is 1. The van der Waals surface area contributed by atoms with Gasteiger partial charge >= 0.3 is 0 Å². The molecule has 1 aromatic rings. The van der Waals surface area contributed by atoms with Gasteiger partial charge in [-0.1, -0.05) is 24.3 Å². The summed E-state index contributed by atoms with van der Waals surface area (Å²) >= 11 is 0. The Hall–Kier alpha value is -1.35. The first-order valence-corrected chi connectivity index (χ1v) is 5.21. The molecular formula is C12H13O3-. The van der Waals surface area contributed by atoms with E-state index < -0.39 is 5.97 Å². The fraction of sp³-hybridized carbons (Fsp3) is 0.417. The molecule has 1 aromatic carbocycles. The van der Waals surface area contributed by atoms with Crippen LogP contribution in [0.4, 0.5) is 0 Å². The summed E-state index contributed by atoms with van der Waals surface area (Å²) < 4.78 is 5.56. The molecule has 0 amide bonds. The number of carbonyl (C=O) groups is 1. The molecule has 0 bridgehead atoms. The molecule has 3 nitrogen and oxygen atoms in total. The number of hydrogen-bond donors (Lipinski definition) is 0. The first-order chi connectivity index (χ1) is 7.29. The number of aromatic carboxylic acids is 1. The van der Waals surface area contributed by atoms with Crippen LogP contribution in [0, 0.1) is 0 Å². The van der Waals surface area contributed by atoms with Crippen LogP contribution in [-0.4, -0.2) is 12.6 Å². The van der Waals surface area contributed by atoms with Crippen LogP contribution in [0.5, 0.6) is 0 Å². The number of carbonyl (C=O) groups excluding carboxylic acids is 1. The largest absolute Gasteiger partial charge is 0.545 e. The lowest BCUT2D eigenvalue weighted by Crippen LogP contribution is -2.25. The lowest BCUT2D eigenvalue weighted by molar-refractivity contribution is -0.255. The number of carboxylic acid groups (broad SMARTS) is 1. The number of hydrogen-bond acceptors (Lipinski definition) is 3. The summed E-state index contributed by atoms with van der Waals surface area (Å²) in [6.45, 7) is 0.714. The lowest BCUT2D eigenvalue weighted by atomic mass is 9.97. The zero-order chi connectivity index (χ0) is 10.7. The van der Waals surface area contributed by atoms with Crippen LogP contribution in [0.2, 0.25) is 0 Å². The summed E-state index contributed by atoms with van der Waals surface area (Å²) in [4.78, 5) is 10.9. The third kappa shape index (κ3) is 2.18. The van der Waals surface area contributed by atoms with E-state index in [0.29, 0.717) is 6.61 Å². The Morgan fingerprint density at radius 2 is 2.13 bits per heavy atom. The van der Waals surface area contributed by atoms with E-state index in [2.05, 4.69) is 0 Å². The Balaban J connectivity index is 2.29. The highest BCUT2D eigenvalue weighted by Gasteiger charge is 2.18. The summed E-state index contributed by atoms with van der Waals surface area (Å²) in [5, 5.41) is 10.9. The van der Waals surface area contributed by atoms with Gasteiger partial charge in [0.2, 0.25) is 0 Å². The van der Waals surface area contributed by atoms with E-state index in [-0.39, 0.29) is 11.7 Å². The second-order valence-electron chi connectivity index (χ2n) is 3.73. The number of ether oxygens (including phenoxy) is 1. The molecule has 80 valence electrons. The molecule has 0 N–H and O–H groups in total. The van der Waals surface area contributed by atoms with Gasteiger partial charge in [-0.2, -0.15) is 0 Å². The Bertz CT molecular complexity index is 354. The summed E-state index contributed by atoms with van der Waals surface area (Å²) in [5.74, 6) is -1.13. The summed E-state index contributed by atoms with van der Waals surface area (Å²) in [5.41, 5.74) is 1.00. The Labute approximate surface area is 88.7 Å². The van der Waals surface area contributed by atoms with Gasteiger partial charge in [0.1, 0.15) is 0 Å². The van der Waals surface area contributed by atoms with Crippen molar-refractivity contribution < 1.29 is 14.6 Å². The van der Waals surface area contributed by atoms with Crippen LogP contribution < -0.4 is 5.11 Å². The quantitative estimate of drug-likeness (QED) is 0.731. The Morgan fingerprint density at radius 1 is 1.33 bits per heavy atom. The highest BCUT2D eigenvalue weighted by Crippen LogP contribution is 2.29. The first kappa shape index (κ1) is 10.2. The SMILES string of the molecule is O=C([O-])c1ccccc1C1CCCCO1. The molecule has 1 unspecified atom stereocenters. The number of benzene rings is 1. The van der Waals surface area contributed by atoms with Crippen molar-refractivity contribution in [2.45, 2.75) is 25.4 Å². The van der Waals surface area contributed by atoms with Crippen LogP contribution in [0.15, 0.2) is 24.3 Å². The van der Waals surface area contributed by atoms with Gasteiger partial charge in [0.15, 0.2) is 0 Å². The third-order valence-electron chi connectivity index (χ3n) is 2.71. The molecule has 0 aromatic heterocycles. The summed E-state index contributed by atoms with van der Waals surface area (Å²) in [6.07, 6.45) is 2.97. The van der Waals surface area contributed by atoms with E-state index in [4.69, 9.17) is 4.74 Å². The van der Waals surface area contributed by atoms with Gasteiger partial charge in [0.05, 0.1) is 12.1 Å². The van der Waals surface area contributed by atoms with Crippen LogP contribution in [0.1, 0.15) is 41.3 Å². The predicted octanol–water partition coefficient (Wildman–Crippen LogP) is 1.29. The van der Waals surface area contributed by atoms with E-state index in [1.54, 1.807) is 18.2 Å². The normalized spacial score (nSPS) is 21.2. The highest BCUT2D eigenvalue weighted by atomic mass is 16.5. The molecule has 0 radical (unpaired) electrons. The van der Waals surface area contributed by atoms with Gasteiger partial charge in [-0.15, -0.1) is 0 Å². The van der Waals surface area contributed by atoms with E-state index in [1.807, 2.05) is 6.07 Å². The molecule has 1 fully saturated rings. The fourth-order valence-corrected chi connectivity index (χ4v) is 1.95. The van der Waals surface area contributed by atoms with Crippen molar-refractivity contribution in [3.63, 3.8) is 0 Å². The monoisotopic (exact) mass is 205 g/mol. The van der Waals surface area contributed by atoms with E-state index in [9.17, 15) is 9.90 Å². The smallest absolute Gasteiger partial charge is 0.0831 e. The molecule has 0 spiro atoms. The maximum absolute atomic E-state index is 10.9. The van der Waals surface area contributed by atoms with Gasteiger partial charge in [0, 0.05) is 12.2 Å². The van der Waals surface area contributed by atoms with Gasteiger partial charge < -0.3 is 14.6 Å². The molecule has 15 heavy (non-hydrogen) atoms.